The first kappa shape index (κ1) is 14.7. The molecule has 0 N–H and O–H groups in total. The van der Waals surface area contributed by atoms with Crippen LogP contribution < -0.4 is 0 Å². The van der Waals surface area contributed by atoms with E-state index in [1.807, 2.05) is 30.3 Å². The monoisotopic (exact) mass is 273 g/mol. The second-order valence-electron chi connectivity index (χ2n) is 3.57. The fourth-order valence-corrected chi connectivity index (χ4v) is 1.40. The van der Waals surface area contributed by atoms with Crippen LogP contribution in [0.15, 0.2) is 48.8 Å². The Bertz CT molecular complexity index is 615. The van der Waals surface area contributed by atoms with Gasteiger partial charge < -0.3 is 4.74 Å². The van der Waals surface area contributed by atoms with Gasteiger partial charge in [0.05, 0.1) is 12.7 Å². The van der Waals surface area contributed by atoms with Gasteiger partial charge in [-0.05, 0) is 18.2 Å². The average molecular weight is 274 g/mol. The van der Waals surface area contributed by atoms with Crippen molar-refractivity contribution in [1.82, 2.24) is 4.98 Å². The van der Waals surface area contributed by atoms with Gasteiger partial charge in [-0.2, -0.15) is 0 Å². The number of methoxy groups -OCH3 is 1. The molecule has 0 spiro atoms. The van der Waals surface area contributed by atoms with Crippen LogP contribution in [0.5, 0.6) is 0 Å². The van der Waals surface area contributed by atoms with E-state index < -0.39 is 5.97 Å². The number of pyridine rings is 1. The molecule has 19 heavy (non-hydrogen) atoms. The first-order valence-corrected chi connectivity index (χ1v) is 5.40. The smallest absolute Gasteiger partial charge is 0.339 e. The molecule has 0 aliphatic carbocycles. The summed E-state index contributed by atoms with van der Waals surface area (Å²) in [6, 6.07) is 11.3. The van der Waals surface area contributed by atoms with E-state index in [1.54, 1.807) is 12.3 Å². The molecule has 4 heteroatoms. The van der Waals surface area contributed by atoms with Crippen LogP contribution in [0.4, 0.5) is 0 Å². The van der Waals surface area contributed by atoms with Crippen molar-refractivity contribution >= 4 is 18.4 Å². The molecule has 3 nitrogen and oxygen atoms in total. The highest BCUT2D eigenvalue weighted by Crippen LogP contribution is 2.03. The van der Waals surface area contributed by atoms with E-state index in [1.165, 1.54) is 13.3 Å². The molecular weight excluding hydrogens is 262 g/mol. The second-order valence-corrected chi connectivity index (χ2v) is 3.57. The summed E-state index contributed by atoms with van der Waals surface area (Å²) < 4.78 is 4.63. The normalized spacial score (nSPS) is 8.68. The molecule has 0 fully saturated rings. The van der Waals surface area contributed by atoms with E-state index in [0.717, 1.165) is 5.56 Å². The van der Waals surface area contributed by atoms with Crippen LogP contribution in [0.1, 0.15) is 21.5 Å². The number of benzene rings is 1. The molecule has 0 radical (unpaired) electrons. The van der Waals surface area contributed by atoms with Crippen LogP contribution in [-0.4, -0.2) is 18.1 Å². The third-order valence-electron chi connectivity index (χ3n) is 2.28. The van der Waals surface area contributed by atoms with E-state index in [2.05, 4.69) is 21.6 Å². The minimum atomic E-state index is -0.411. The van der Waals surface area contributed by atoms with Crippen LogP contribution in [0.3, 0.4) is 0 Å². The highest BCUT2D eigenvalue weighted by molar-refractivity contribution is 5.89. The van der Waals surface area contributed by atoms with Crippen LogP contribution in [0.25, 0.3) is 0 Å². The van der Waals surface area contributed by atoms with Crippen molar-refractivity contribution in [1.29, 1.82) is 0 Å². The van der Waals surface area contributed by atoms with Gasteiger partial charge in [-0.15, -0.1) is 12.4 Å². The first-order chi connectivity index (χ1) is 8.79. The number of hydrogen-bond acceptors (Lipinski definition) is 3. The van der Waals surface area contributed by atoms with Crippen molar-refractivity contribution in [3.05, 3.63) is 65.5 Å². The molecule has 0 unspecified atom stereocenters. The summed E-state index contributed by atoms with van der Waals surface area (Å²) >= 11 is 0. The van der Waals surface area contributed by atoms with Crippen molar-refractivity contribution in [2.24, 2.45) is 0 Å². The Morgan fingerprint density at radius 2 is 1.79 bits per heavy atom. The van der Waals surface area contributed by atoms with Crippen LogP contribution in [0.2, 0.25) is 0 Å². The van der Waals surface area contributed by atoms with Gasteiger partial charge in [0.25, 0.3) is 0 Å². The molecular formula is C15H12ClNO2. The third-order valence-corrected chi connectivity index (χ3v) is 2.28. The number of carbonyl (C=O) groups excluding carboxylic acids is 1. The molecule has 0 saturated heterocycles. The molecule has 0 amide bonds. The Morgan fingerprint density at radius 1 is 1.11 bits per heavy atom. The third kappa shape index (κ3) is 4.13. The molecule has 96 valence electrons. The van der Waals surface area contributed by atoms with Gasteiger partial charge in [-0.25, -0.2) is 4.79 Å². The predicted octanol–water partition coefficient (Wildman–Crippen LogP) is 2.69. The lowest BCUT2D eigenvalue weighted by Crippen LogP contribution is -2.01. The fourth-order valence-electron chi connectivity index (χ4n) is 1.40. The van der Waals surface area contributed by atoms with E-state index in [4.69, 9.17) is 0 Å². The molecule has 1 aromatic carbocycles. The van der Waals surface area contributed by atoms with Crippen LogP contribution in [0, 0.1) is 11.8 Å². The van der Waals surface area contributed by atoms with Gasteiger partial charge in [0.1, 0.15) is 0 Å². The fraction of sp³-hybridized carbons (Fsp3) is 0.0667. The Hall–Kier alpha value is -2.31. The van der Waals surface area contributed by atoms with Crippen molar-refractivity contribution in [3.63, 3.8) is 0 Å². The minimum Gasteiger partial charge on any atom is -0.465 e. The first-order valence-electron chi connectivity index (χ1n) is 5.40. The van der Waals surface area contributed by atoms with Gasteiger partial charge in [0.2, 0.25) is 0 Å². The number of halogens is 1. The van der Waals surface area contributed by atoms with Crippen molar-refractivity contribution in [2.45, 2.75) is 0 Å². The van der Waals surface area contributed by atoms with E-state index in [-0.39, 0.29) is 12.4 Å². The zero-order valence-corrected chi connectivity index (χ0v) is 11.1. The van der Waals surface area contributed by atoms with Crippen molar-refractivity contribution < 1.29 is 9.53 Å². The SMILES string of the molecule is COC(=O)c1cncc(C#Cc2ccccc2)c1.Cl. The quantitative estimate of drug-likeness (QED) is 0.592. The van der Waals surface area contributed by atoms with Gasteiger partial charge >= 0.3 is 5.97 Å². The Balaban J connectivity index is 0.00000180. The van der Waals surface area contributed by atoms with E-state index in [0.29, 0.717) is 11.1 Å². The number of esters is 1. The summed E-state index contributed by atoms with van der Waals surface area (Å²) in [5.41, 5.74) is 2.00. The maximum atomic E-state index is 11.3. The maximum absolute atomic E-state index is 11.3. The van der Waals surface area contributed by atoms with Gasteiger partial charge in [0, 0.05) is 23.5 Å². The number of aromatic nitrogens is 1. The molecule has 1 aromatic heterocycles. The highest BCUT2D eigenvalue weighted by atomic mass is 35.5. The average Bonchev–Trinajstić information content (AvgIpc) is 2.45. The Morgan fingerprint density at radius 3 is 2.47 bits per heavy atom. The molecule has 0 atom stereocenters. The van der Waals surface area contributed by atoms with Crippen molar-refractivity contribution in [3.8, 4) is 11.8 Å². The molecule has 2 rings (SSSR count). The molecule has 0 aliphatic rings. The Kier molecular flexibility index (Phi) is 5.59. The highest BCUT2D eigenvalue weighted by Gasteiger charge is 2.05. The number of ether oxygens (including phenoxy) is 1. The number of nitrogens with zero attached hydrogens (tertiary/aromatic N) is 1. The van der Waals surface area contributed by atoms with Crippen molar-refractivity contribution in [2.75, 3.05) is 7.11 Å². The standard InChI is InChI=1S/C15H11NO2.ClH/c1-18-15(17)14-9-13(10-16-11-14)8-7-12-5-3-2-4-6-12;/h2-6,9-11H,1H3;1H. The molecule has 0 bridgehead atoms. The van der Waals surface area contributed by atoms with E-state index >= 15 is 0 Å². The van der Waals surface area contributed by atoms with Gasteiger partial charge in [-0.3, -0.25) is 4.98 Å². The summed E-state index contributed by atoms with van der Waals surface area (Å²) in [6.45, 7) is 0. The maximum Gasteiger partial charge on any atom is 0.339 e. The lowest BCUT2D eigenvalue weighted by atomic mass is 10.2. The lowest BCUT2D eigenvalue weighted by molar-refractivity contribution is 0.0600. The predicted molar refractivity (Wildman–Crippen MR) is 75.2 cm³/mol. The topological polar surface area (TPSA) is 39.2 Å². The Labute approximate surface area is 118 Å². The summed E-state index contributed by atoms with van der Waals surface area (Å²) in [6.07, 6.45) is 3.07. The summed E-state index contributed by atoms with van der Waals surface area (Å²) in [5.74, 6) is 5.55. The molecule has 0 saturated carbocycles. The van der Waals surface area contributed by atoms with Crippen LogP contribution in [-0.2, 0) is 4.74 Å². The number of rotatable bonds is 1. The molecule has 0 aliphatic heterocycles. The zero-order chi connectivity index (χ0) is 12.8. The summed E-state index contributed by atoms with van der Waals surface area (Å²) in [4.78, 5) is 15.3. The molecule has 2 aromatic rings. The number of hydrogen-bond donors (Lipinski definition) is 0. The summed E-state index contributed by atoms with van der Waals surface area (Å²) in [5, 5.41) is 0. The van der Waals surface area contributed by atoms with E-state index in [9.17, 15) is 4.79 Å². The van der Waals surface area contributed by atoms with Crippen LogP contribution >= 0.6 is 12.4 Å². The lowest BCUT2D eigenvalue weighted by Gasteiger charge is -1.98. The number of carbonyl (C=O) groups is 1. The van der Waals surface area contributed by atoms with Gasteiger partial charge in [-0.1, -0.05) is 30.0 Å². The second kappa shape index (κ2) is 7.20. The molecule has 1 heterocycles. The summed E-state index contributed by atoms with van der Waals surface area (Å²) in [7, 11) is 1.34. The zero-order valence-electron chi connectivity index (χ0n) is 10.3. The minimum absolute atomic E-state index is 0. The largest absolute Gasteiger partial charge is 0.465 e. The van der Waals surface area contributed by atoms with Gasteiger partial charge in [0.15, 0.2) is 0 Å².